The fourth-order valence-electron chi connectivity index (χ4n) is 4.08. The summed E-state index contributed by atoms with van der Waals surface area (Å²) in [7, 11) is -3.67. The van der Waals surface area contributed by atoms with Gasteiger partial charge in [0.05, 0.1) is 9.79 Å². The second kappa shape index (κ2) is 12.3. The van der Waals surface area contributed by atoms with Gasteiger partial charge in [-0.25, -0.2) is 8.42 Å². The van der Waals surface area contributed by atoms with Crippen molar-refractivity contribution in [3.05, 3.63) is 114 Å². The SMILES string of the molecule is CC(C)(C)c1ccc(C(C)(C)c2ccc(Oc3ccc(S(=O)(=O)c4ccc(O)cc4)cc3)cc2)cc1.CC(C)C. The molecule has 0 heterocycles. The Morgan fingerprint density at radius 3 is 1.30 bits per heavy atom. The molecule has 0 aromatic heterocycles. The van der Waals surface area contributed by atoms with Crippen molar-refractivity contribution in [2.45, 2.75) is 76.0 Å². The topological polar surface area (TPSA) is 63.6 Å². The van der Waals surface area contributed by atoms with E-state index < -0.39 is 9.84 Å². The summed E-state index contributed by atoms with van der Waals surface area (Å²) in [5.74, 6) is 2.07. The van der Waals surface area contributed by atoms with Gasteiger partial charge in [-0.15, -0.1) is 0 Å². The van der Waals surface area contributed by atoms with Gasteiger partial charge in [0.25, 0.3) is 0 Å². The average Bonchev–Trinajstić information content (AvgIpc) is 2.89. The molecule has 0 atom stereocenters. The molecule has 1 N–H and O–H groups in total. The van der Waals surface area contributed by atoms with Gasteiger partial charge in [0.2, 0.25) is 9.84 Å². The molecule has 0 bridgehead atoms. The number of ether oxygens (including phenoxy) is 1. The van der Waals surface area contributed by atoms with Crippen molar-refractivity contribution >= 4 is 9.84 Å². The van der Waals surface area contributed by atoms with Gasteiger partial charge >= 0.3 is 0 Å². The second-order valence-electron chi connectivity index (χ2n) is 12.3. The van der Waals surface area contributed by atoms with E-state index in [1.54, 1.807) is 12.1 Å². The third-order valence-electron chi connectivity index (χ3n) is 6.57. The highest BCUT2D eigenvalue weighted by Crippen LogP contribution is 2.35. The summed E-state index contributed by atoms with van der Waals surface area (Å²) >= 11 is 0. The Morgan fingerprint density at radius 2 is 0.900 bits per heavy atom. The molecular formula is C35H42O4S. The summed E-state index contributed by atoms with van der Waals surface area (Å²) in [6.45, 7) is 17.6. The lowest BCUT2D eigenvalue weighted by molar-refractivity contribution is 0.475. The fourth-order valence-corrected chi connectivity index (χ4v) is 5.34. The van der Waals surface area contributed by atoms with E-state index >= 15 is 0 Å². The average molecular weight is 559 g/mol. The fraction of sp³-hybridized carbons (Fsp3) is 0.314. The molecule has 40 heavy (non-hydrogen) atoms. The molecule has 0 fully saturated rings. The van der Waals surface area contributed by atoms with Crippen LogP contribution in [0.25, 0.3) is 0 Å². The first kappa shape index (κ1) is 31.0. The molecule has 0 saturated heterocycles. The van der Waals surface area contributed by atoms with Crippen LogP contribution < -0.4 is 4.74 Å². The molecule has 0 radical (unpaired) electrons. The molecule has 0 aliphatic heterocycles. The van der Waals surface area contributed by atoms with E-state index in [9.17, 15) is 13.5 Å². The van der Waals surface area contributed by atoms with E-state index in [2.05, 4.69) is 91.8 Å². The number of hydrogen-bond donors (Lipinski definition) is 1. The standard InChI is InChI=1S/C31H32O4S.C4H10/c1-30(2,3)22-6-8-23(9-7-22)31(4,5)24-10-14-26(15-11-24)35-27-16-20-29(21-17-27)36(33,34)28-18-12-25(32)13-19-28;1-4(2)3/h6-21,32H,1-5H3;4H,1-3H3. The Labute approximate surface area is 240 Å². The molecule has 212 valence electrons. The largest absolute Gasteiger partial charge is 0.508 e. The van der Waals surface area contributed by atoms with E-state index in [4.69, 9.17) is 4.74 Å². The van der Waals surface area contributed by atoms with Crippen LogP contribution in [-0.2, 0) is 20.7 Å². The lowest BCUT2D eigenvalue weighted by Crippen LogP contribution is -2.19. The van der Waals surface area contributed by atoms with Crippen molar-refractivity contribution in [3.63, 3.8) is 0 Å². The predicted molar refractivity (Wildman–Crippen MR) is 164 cm³/mol. The Morgan fingerprint density at radius 1 is 0.575 bits per heavy atom. The van der Waals surface area contributed by atoms with Gasteiger partial charge in [-0.3, -0.25) is 0 Å². The Hall–Kier alpha value is -3.57. The minimum atomic E-state index is -3.67. The van der Waals surface area contributed by atoms with E-state index in [-0.39, 0.29) is 26.4 Å². The molecular weight excluding hydrogens is 516 g/mol. The summed E-state index contributed by atoms with van der Waals surface area (Å²) in [5.41, 5.74) is 3.69. The van der Waals surface area contributed by atoms with Crippen molar-refractivity contribution in [1.82, 2.24) is 0 Å². The lowest BCUT2D eigenvalue weighted by atomic mass is 9.77. The Bertz CT molecular complexity index is 1470. The third-order valence-corrected chi connectivity index (χ3v) is 8.35. The maximum atomic E-state index is 12.8. The maximum Gasteiger partial charge on any atom is 0.206 e. The van der Waals surface area contributed by atoms with Crippen LogP contribution in [0.3, 0.4) is 0 Å². The molecule has 0 amide bonds. The zero-order chi connectivity index (χ0) is 29.7. The molecule has 0 aliphatic rings. The van der Waals surface area contributed by atoms with Gasteiger partial charge in [0, 0.05) is 5.41 Å². The minimum Gasteiger partial charge on any atom is -0.508 e. The number of rotatable bonds is 6. The van der Waals surface area contributed by atoms with Crippen LogP contribution >= 0.6 is 0 Å². The number of hydrogen-bond acceptors (Lipinski definition) is 4. The Kier molecular flexibility index (Phi) is 9.52. The first-order chi connectivity index (χ1) is 18.6. The number of sulfone groups is 1. The van der Waals surface area contributed by atoms with Crippen molar-refractivity contribution in [1.29, 1.82) is 0 Å². The van der Waals surface area contributed by atoms with Gasteiger partial charge in [-0.05, 0) is 88.7 Å². The highest BCUT2D eigenvalue weighted by atomic mass is 32.2. The van der Waals surface area contributed by atoms with Gasteiger partial charge in [0.1, 0.15) is 17.2 Å². The van der Waals surface area contributed by atoms with Crippen molar-refractivity contribution in [2.24, 2.45) is 5.92 Å². The van der Waals surface area contributed by atoms with Gasteiger partial charge in [-0.1, -0.05) is 91.8 Å². The van der Waals surface area contributed by atoms with Crippen molar-refractivity contribution < 1.29 is 18.3 Å². The van der Waals surface area contributed by atoms with Crippen LogP contribution in [0.2, 0.25) is 0 Å². The zero-order valence-electron chi connectivity index (χ0n) is 24.9. The highest BCUT2D eigenvalue weighted by Gasteiger charge is 2.24. The molecule has 5 heteroatoms. The number of benzene rings is 4. The van der Waals surface area contributed by atoms with Crippen LogP contribution in [0.4, 0.5) is 0 Å². The summed E-state index contributed by atoms with van der Waals surface area (Å²) in [4.78, 5) is 0.287. The van der Waals surface area contributed by atoms with Crippen LogP contribution in [0.1, 0.15) is 72.1 Å². The van der Waals surface area contributed by atoms with Gasteiger partial charge in [0.15, 0.2) is 0 Å². The number of phenols is 1. The van der Waals surface area contributed by atoms with E-state index in [0.29, 0.717) is 11.5 Å². The second-order valence-corrected chi connectivity index (χ2v) is 14.2. The van der Waals surface area contributed by atoms with E-state index in [0.717, 1.165) is 5.92 Å². The summed E-state index contributed by atoms with van der Waals surface area (Å²) in [6.07, 6.45) is 0. The van der Waals surface area contributed by atoms with Gasteiger partial charge in [-0.2, -0.15) is 0 Å². The lowest BCUT2D eigenvalue weighted by Gasteiger charge is -2.28. The zero-order valence-corrected chi connectivity index (χ0v) is 25.7. The monoisotopic (exact) mass is 558 g/mol. The van der Waals surface area contributed by atoms with Crippen LogP contribution in [0, 0.1) is 5.92 Å². The smallest absolute Gasteiger partial charge is 0.206 e. The molecule has 0 spiro atoms. The molecule has 0 saturated carbocycles. The molecule has 4 nitrogen and oxygen atoms in total. The van der Waals surface area contributed by atoms with Crippen LogP contribution in [0.5, 0.6) is 17.2 Å². The highest BCUT2D eigenvalue weighted by molar-refractivity contribution is 7.91. The van der Waals surface area contributed by atoms with Crippen molar-refractivity contribution in [3.8, 4) is 17.2 Å². The Balaban J connectivity index is 0.00000103. The van der Waals surface area contributed by atoms with Crippen molar-refractivity contribution in [2.75, 3.05) is 0 Å². The third kappa shape index (κ3) is 7.76. The first-order valence-electron chi connectivity index (χ1n) is 13.6. The predicted octanol–water partition coefficient (Wildman–Crippen LogP) is 9.30. The molecule has 0 aliphatic carbocycles. The number of phenolic OH excluding ortho intramolecular Hbond substituents is 1. The molecule has 4 aromatic carbocycles. The summed E-state index contributed by atoms with van der Waals surface area (Å²) in [5, 5.41) is 9.41. The molecule has 4 aromatic rings. The number of aromatic hydroxyl groups is 1. The van der Waals surface area contributed by atoms with E-state index in [1.807, 2.05) is 12.1 Å². The maximum absolute atomic E-state index is 12.8. The van der Waals surface area contributed by atoms with Gasteiger partial charge < -0.3 is 9.84 Å². The normalized spacial score (nSPS) is 12.0. The van der Waals surface area contributed by atoms with Crippen LogP contribution in [-0.4, -0.2) is 13.5 Å². The minimum absolute atomic E-state index is 0.0190. The van der Waals surface area contributed by atoms with Crippen LogP contribution in [0.15, 0.2) is 107 Å². The van der Waals surface area contributed by atoms with E-state index in [1.165, 1.54) is 53.1 Å². The molecule has 4 rings (SSSR count). The first-order valence-corrected chi connectivity index (χ1v) is 15.1. The quantitative estimate of drug-likeness (QED) is 0.256. The molecule has 0 unspecified atom stereocenters. The summed E-state index contributed by atoms with van der Waals surface area (Å²) < 4.78 is 31.6. The summed E-state index contributed by atoms with van der Waals surface area (Å²) in [6, 6.07) is 28.6.